The number of likely N-dealkylation sites (tertiary alicyclic amines) is 1. The molecule has 0 spiro atoms. The van der Waals surface area contributed by atoms with Crippen molar-refractivity contribution in [2.24, 2.45) is 0 Å². The average Bonchev–Trinajstić information content (AvgIpc) is 3.22. The number of imide groups is 1. The standard InChI is InChI=1S/C22H20ClFN2O6S/c1-2-11-26(17-8-6-16(24)7-9-17)33(30,31)19-13-15(5-10-18(19)23)22(29)32-14-21(28)25-12-3-4-20(25)27/h2,5-10,13H,1,3-4,11-12,14H2. The molecule has 33 heavy (non-hydrogen) atoms. The van der Waals surface area contributed by atoms with E-state index in [9.17, 15) is 27.2 Å². The van der Waals surface area contributed by atoms with Crippen LogP contribution in [0.2, 0.25) is 5.02 Å². The van der Waals surface area contributed by atoms with Crippen LogP contribution in [0.3, 0.4) is 0 Å². The van der Waals surface area contributed by atoms with Gasteiger partial charge < -0.3 is 4.74 Å². The Morgan fingerprint density at radius 3 is 2.52 bits per heavy atom. The molecule has 0 aliphatic carbocycles. The number of hydrogen-bond donors (Lipinski definition) is 0. The predicted molar refractivity (Wildman–Crippen MR) is 119 cm³/mol. The highest BCUT2D eigenvalue weighted by Crippen LogP contribution is 2.30. The van der Waals surface area contributed by atoms with Gasteiger partial charge in [-0.2, -0.15) is 0 Å². The highest BCUT2D eigenvalue weighted by Gasteiger charge is 2.29. The molecule has 1 saturated heterocycles. The van der Waals surface area contributed by atoms with Gasteiger partial charge in [0.05, 0.1) is 22.8 Å². The average molecular weight is 495 g/mol. The minimum Gasteiger partial charge on any atom is -0.452 e. The summed E-state index contributed by atoms with van der Waals surface area (Å²) < 4.78 is 45.9. The number of halogens is 2. The largest absolute Gasteiger partial charge is 0.452 e. The molecule has 0 saturated carbocycles. The molecule has 8 nitrogen and oxygen atoms in total. The molecule has 0 unspecified atom stereocenters. The van der Waals surface area contributed by atoms with Crippen molar-refractivity contribution >= 4 is 45.1 Å². The first-order valence-electron chi connectivity index (χ1n) is 9.84. The van der Waals surface area contributed by atoms with Crippen molar-refractivity contribution in [2.75, 3.05) is 24.0 Å². The zero-order valence-electron chi connectivity index (χ0n) is 17.4. The maximum absolute atomic E-state index is 13.3. The molecular weight excluding hydrogens is 475 g/mol. The van der Waals surface area contributed by atoms with Gasteiger partial charge in [0.1, 0.15) is 10.7 Å². The summed E-state index contributed by atoms with van der Waals surface area (Å²) in [5.41, 5.74) is 0.0115. The van der Waals surface area contributed by atoms with E-state index in [2.05, 4.69) is 6.58 Å². The van der Waals surface area contributed by atoms with Crippen molar-refractivity contribution in [2.45, 2.75) is 17.7 Å². The highest BCUT2D eigenvalue weighted by molar-refractivity contribution is 7.93. The van der Waals surface area contributed by atoms with Crippen molar-refractivity contribution < 1.29 is 31.9 Å². The zero-order valence-corrected chi connectivity index (χ0v) is 18.9. The fraction of sp³-hybridized carbons (Fsp3) is 0.227. The Balaban J connectivity index is 1.85. The number of sulfonamides is 1. The van der Waals surface area contributed by atoms with Crippen LogP contribution >= 0.6 is 11.6 Å². The van der Waals surface area contributed by atoms with E-state index in [1.54, 1.807) is 0 Å². The lowest BCUT2D eigenvalue weighted by Gasteiger charge is -2.24. The summed E-state index contributed by atoms with van der Waals surface area (Å²) in [6.07, 6.45) is 2.15. The number of hydrogen-bond acceptors (Lipinski definition) is 6. The van der Waals surface area contributed by atoms with Crippen LogP contribution in [0.25, 0.3) is 0 Å². The molecule has 1 aliphatic rings. The van der Waals surface area contributed by atoms with Crippen LogP contribution in [0.15, 0.2) is 60.0 Å². The summed E-state index contributed by atoms with van der Waals surface area (Å²) in [5, 5.41) is -0.151. The first kappa shape index (κ1) is 24.4. The van der Waals surface area contributed by atoms with Crippen LogP contribution in [-0.2, 0) is 24.3 Å². The third-order valence-electron chi connectivity index (χ3n) is 4.85. The van der Waals surface area contributed by atoms with E-state index in [0.717, 1.165) is 27.4 Å². The number of nitrogens with zero attached hydrogens (tertiary/aromatic N) is 2. The molecule has 174 valence electrons. The lowest BCUT2D eigenvalue weighted by molar-refractivity contribution is -0.143. The summed E-state index contributed by atoms with van der Waals surface area (Å²) in [7, 11) is -4.29. The highest BCUT2D eigenvalue weighted by atomic mass is 35.5. The van der Waals surface area contributed by atoms with Crippen LogP contribution in [0.1, 0.15) is 23.2 Å². The Kier molecular flexibility index (Phi) is 7.50. The normalized spacial score (nSPS) is 13.6. The molecule has 11 heteroatoms. The SMILES string of the molecule is C=CCN(c1ccc(F)cc1)S(=O)(=O)c1cc(C(=O)OCC(=O)N2CCCC2=O)ccc1Cl. The Hall–Kier alpha value is -3.24. The smallest absolute Gasteiger partial charge is 0.338 e. The molecule has 0 atom stereocenters. The summed E-state index contributed by atoms with van der Waals surface area (Å²) >= 11 is 6.13. The van der Waals surface area contributed by atoms with Crippen molar-refractivity contribution in [3.05, 3.63) is 71.5 Å². The molecule has 2 aromatic carbocycles. The fourth-order valence-electron chi connectivity index (χ4n) is 3.21. The van der Waals surface area contributed by atoms with Gasteiger partial charge in [0.2, 0.25) is 5.91 Å². The van der Waals surface area contributed by atoms with E-state index in [1.807, 2.05) is 0 Å². The molecule has 0 radical (unpaired) electrons. The molecule has 0 bridgehead atoms. The van der Waals surface area contributed by atoms with Crippen molar-refractivity contribution in [3.8, 4) is 0 Å². The van der Waals surface area contributed by atoms with Gasteiger partial charge in [-0.05, 0) is 48.9 Å². The van der Waals surface area contributed by atoms with Crippen LogP contribution in [-0.4, -0.2) is 50.8 Å². The van der Waals surface area contributed by atoms with Gasteiger partial charge in [-0.15, -0.1) is 6.58 Å². The second-order valence-electron chi connectivity index (χ2n) is 7.07. The Labute approximate surface area is 195 Å². The van der Waals surface area contributed by atoms with E-state index >= 15 is 0 Å². The third-order valence-corrected chi connectivity index (χ3v) is 7.12. The molecule has 1 fully saturated rings. The number of carbonyl (C=O) groups is 3. The van der Waals surface area contributed by atoms with Gasteiger partial charge in [-0.1, -0.05) is 17.7 Å². The van der Waals surface area contributed by atoms with Gasteiger partial charge in [0.15, 0.2) is 6.61 Å². The van der Waals surface area contributed by atoms with Gasteiger partial charge in [-0.25, -0.2) is 17.6 Å². The number of benzene rings is 2. The van der Waals surface area contributed by atoms with Crippen molar-refractivity contribution in [3.63, 3.8) is 0 Å². The topological polar surface area (TPSA) is 101 Å². The van der Waals surface area contributed by atoms with E-state index in [0.29, 0.717) is 6.42 Å². The summed E-state index contributed by atoms with van der Waals surface area (Å²) in [4.78, 5) is 36.8. The number of esters is 1. The second-order valence-corrected chi connectivity index (χ2v) is 9.30. The molecule has 3 rings (SSSR count). The predicted octanol–water partition coefficient (Wildman–Crippen LogP) is 3.17. The first-order chi connectivity index (χ1) is 15.6. The molecule has 2 aromatic rings. The minimum absolute atomic E-state index is 0.142. The summed E-state index contributed by atoms with van der Waals surface area (Å²) in [5.74, 6) is -2.48. The van der Waals surface area contributed by atoms with Gasteiger partial charge in [0, 0.05) is 13.0 Å². The fourth-order valence-corrected chi connectivity index (χ4v) is 5.15. The first-order valence-corrected chi connectivity index (χ1v) is 11.7. The van der Waals surface area contributed by atoms with Gasteiger partial charge >= 0.3 is 5.97 Å². The maximum Gasteiger partial charge on any atom is 0.338 e. The molecule has 1 aliphatic heterocycles. The number of anilines is 1. The zero-order chi connectivity index (χ0) is 24.2. The van der Waals surface area contributed by atoms with Crippen LogP contribution in [0.4, 0.5) is 10.1 Å². The Morgan fingerprint density at radius 2 is 1.91 bits per heavy atom. The number of amides is 2. The van der Waals surface area contributed by atoms with E-state index < -0.39 is 34.3 Å². The monoisotopic (exact) mass is 494 g/mol. The number of ether oxygens (including phenoxy) is 1. The molecule has 0 N–H and O–H groups in total. The quantitative estimate of drug-likeness (QED) is 0.412. The van der Waals surface area contributed by atoms with E-state index in [4.69, 9.17) is 16.3 Å². The van der Waals surface area contributed by atoms with Crippen LogP contribution in [0, 0.1) is 5.82 Å². The van der Waals surface area contributed by atoms with Crippen LogP contribution < -0.4 is 4.31 Å². The van der Waals surface area contributed by atoms with Gasteiger partial charge in [-0.3, -0.25) is 18.8 Å². The van der Waals surface area contributed by atoms with Crippen molar-refractivity contribution in [1.82, 2.24) is 4.90 Å². The molecule has 2 amide bonds. The summed E-state index contributed by atoms with van der Waals surface area (Å²) in [6.45, 7) is 3.01. The second kappa shape index (κ2) is 10.1. The maximum atomic E-state index is 13.3. The molecular formula is C22H20ClFN2O6S. The number of carbonyl (C=O) groups excluding carboxylic acids is 3. The Morgan fingerprint density at radius 1 is 1.21 bits per heavy atom. The lowest BCUT2D eigenvalue weighted by atomic mass is 10.2. The molecule has 0 aromatic heterocycles. The third kappa shape index (κ3) is 5.40. The number of rotatable bonds is 8. The van der Waals surface area contributed by atoms with Crippen LogP contribution in [0.5, 0.6) is 0 Å². The lowest BCUT2D eigenvalue weighted by Crippen LogP contribution is -2.35. The van der Waals surface area contributed by atoms with Crippen molar-refractivity contribution in [1.29, 1.82) is 0 Å². The minimum atomic E-state index is -4.29. The Bertz CT molecular complexity index is 1200. The van der Waals surface area contributed by atoms with E-state index in [-0.39, 0.29) is 46.6 Å². The molecule has 1 heterocycles. The van der Waals surface area contributed by atoms with E-state index in [1.165, 1.54) is 30.3 Å². The summed E-state index contributed by atoms with van der Waals surface area (Å²) in [6, 6.07) is 8.29. The van der Waals surface area contributed by atoms with Gasteiger partial charge in [0.25, 0.3) is 15.9 Å².